The number of hydrogen-bond acceptors (Lipinski definition) is 7. The molecule has 0 saturated carbocycles. The minimum atomic E-state index is -4.27. The first kappa shape index (κ1) is 30.5. The van der Waals surface area contributed by atoms with E-state index in [1.165, 1.54) is 30.6 Å². The molecular formula is C32H35N3O6S2. The summed E-state index contributed by atoms with van der Waals surface area (Å²) in [4.78, 5) is 27.8. The van der Waals surface area contributed by atoms with Crippen LogP contribution >= 0.6 is 11.3 Å². The number of carbonyl (C=O) groups is 2. The SMILES string of the molecule is COC(=O)c1ccccc1S(=O)(=O)N=c1sc(C2CCN(C(=O)OC(C)(C)C)CC2)cn1Cc1cccc2ccccc12. The van der Waals surface area contributed by atoms with E-state index in [0.717, 1.165) is 21.2 Å². The zero-order valence-corrected chi connectivity index (χ0v) is 26.3. The molecule has 0 aliphatic carbocycles. The van der Waals surface area contributed by atoms with Gasteiger partial charge >= 0.3 is 12.1 Å². The van der Waals surface area contributed by atoms with E-state index in [9.17, 15) is 18.0 Å². The Bertz CT molecular complexity index is 1820. The number of ether oxygens (including phenoxy) is 2. The lowest BCUT2D eigenvalue weighted by molar-refractivity contribution is 0.0205. The zero-order valence-electron chi connectivity index (χ0n) is 24.6. The van der Waals surface area contributed by atoms with Gasteiger partial charge < -0.3 is 18.9 Å². The van der Waals surface area contributed by atoms with Crippen LogP contribution in [-0.2, 0) is 26.0 Å². The topological polar surface area (TPSA) is 107 Å². The summed E-state index contributed by atoms with van der Waals surface area (Å²) in [5, 5.41) is 2.16. The van der Waals surface area contributed by atoms with Crippen LogP contribution in [0, 0.1) is 0 Å². The summed E-state index contributed by atoms with van der Waals surface area (Å²) in [5.74, 6) is -0.627. The maximum Gasteiger partial charge on any atom is 0.410 e. The number of rotatable bonds is 6. The van der Waals surface area contributed by atoms with Gasteiger partial charge in [-0.2, -0.15) is 8.42 Å². The van der Waals surface area contributed by atoms with Gasteiger partial charge in [0.15, 0.2) is 0 Å². The molecule has 11 heteroatoms. The number of esters is 1. The van der Waals surface area contributed by atoms with Crippen LogP contribution in [0.15, 0.2) is 82.2 Å². The number of likely N-dealkylation sites (tertiary alicyclic amines) is 1. The summed E-state index contributed by atoms with van der Waals surface area (Å²) in [7, 11) is -3.06. The molecule has 4 aromatic rings. The minimum Gasteiger partial charge on any atom is -0.465 e. The van der Waals surface area contributed by atoms with E-state index in [1.807, 2.05) is 74.0 Å². The summed E-state index contributed by atoms with van der Waals surface area (Å²) in [6.07, 6.45) is 3.08. The summed E-state index contributed by atoms with van der Waals surface area (Å²) in [6.45, 7) is 7.03. The second-order valence-corrected chi connectivity index (χ2v) is 14.1. The van der Waals surface area contributed by atoms with E-state index in [0.29, 0.717) is 37.3 Å². The average molecular weight is 622 g/mol. The van der Waals surface area contributed by atoms with Crippen molar-refractivity contribution in [1.82, 2.24) is 9.47 Å². The Balaban J connectivity index is 1.53. The van der Waals surface area contributed by atoms with Crippen LogP contribution in [0.1, 0.15) is 60.3 Å². The van der Waals surface area contributed by atoms with Crippen molar-refractivity contribution < 1.29 is 27.5 Å². The number of methoxy groups -OCH3 is 1. The van der Waals surface area contributed by atoms with Crippen molar-refractivity contribution in [2.45, 2.75) is 56.6 Å². The van der Waals surface area contributed by atoms with Gasteiger partial charge in [-0.25, -0.2) is 9.59 Å². The predicted octanol–water partition coefficient (Wildman–Crippen LogP) is 5.94. The van der Waals surface area contributed by atoms with E-state index >= 15 is 0 Å². The lowest BCUT2D eigenvalue weighted by atomic mass is 9.96. The molecule has 1 aromatic heterocycles. The van der Waals surface area contributed by atoms with Crippen LogP contribution in [0.3, 0.4) is 0 Å². The highest BCUT2D eigenvalue weighted by atomic mass is 32.2. The second kappa shape index (κ2) is 12.3. The summed E-state index contributed by atoms with van der Waals surface area (Å²) < 4.78 is 43.8. The molecule has 226 valence electrons. The number of nitrogens with zero attached hydrogens (tertiary/aromatic N) is 3. The van der Waals surface area contributed by atoms with Crippen LogP contribution in [0.25, 0.3) is 10.8 Å². The van der Waals surface area contributed by atoms with Crippen molar-refractivity contribution in [3.8, 4) is 0 Å². The van der Waals surface area contributed by atoms with Crippen LogP contribution in [0.2, 0.25) is 0 Å². The Morgan fingerprint density at radius 2 is 1.65 bits per heavy atom. The van der Waals surface area contributed by atoms with E-state index in [1.54, 1.807) is 17.0 Å². The first-order valence-corrected chi connectivity index (χ1v) is 16.3. The average Bonchev–Trinajstić information content (AvgIpc) is 3.37. The molecule has 1 aliphatic heterocycles. The third-order valence-electron chi connectivity index (χ3n) is 7.28. The Hall–Kier alpha value is -3.96. The van der Waals surface area contributed by atoms with Crippen molar-refractivity contribution in [3.63, 3.8) is 0 Å². The van der Waals surface area contributed by atoms with Crippen molar-refractivity contribution in [3.05, 3.63) is 93.7 Å². The smallest absolute Gasteiger partial charge is 0.410 e. The lowest BCUT2D eigenvalue weighted by Crippen LogP contribution is -2.41. The number of piperidine rings is 1. The summed E-state index contributed by atoms with van der Waals surface area (Å²) in [6, 6.07) is 20.0. The highest BCUT2D eigenvalue weighted by Crippen LogP contribution is 2.31. The van der Waals surface area contributed by atoms with Gasteiger partial charge in [0.25, 0.3) is 10.0 Å². The fraction of sp³-hybridized carbons (Fsp3) is 0.344. The number of amides is 1. The number of aromatic nitrogens is 1. The zero-order chi connectivity index (χ0) is 30.8. The van der Waals surface area contributed by atoms with Crippen molar-refractivity contribution in [2.75, 3.05) is 20.2 Å². The quantitative estimate of drug-likeness (QED) is 0.247. The van der Waals surface area contributed by atoms with Gasteiger partial charge in [0, 0.05) is 24.2 Å². The highest BCUT2D eigenvalue weighted by Gasteiger charge is 2.29. The molecule has 9 nitrogen and oxygen atoms in total. The Kier molecular flexibility index (Phi) is 8.75. The molecule has 3 aromatic carbocycles. The Morgan fingerprint density at radius 1 is 0.977 bits per heavy atom. The van der Waals surface area contributed by atoms with Gasteiger partial charge in [-0.1, -0.05) is 54.6 Å². The number of benzene rings is 3. The van der Waals surface area contributed by atoms with Gasteiger partial charge in [0.1, 0.15) is 10.5 Å². The number of fused-ring (bicyclic) bond motifs is 1. The maximum atomic E-state index is 13.6. The molecule has 5 rings (SSSR count). The number of hydrogen-bond donors (Lipinski definition) is 0. The molecular weight excluding hydrogens is 587 g/mol. The molecule has 0 unspecified atom stereocenters. The van der Waals surface area contributed by atoms with Gasteiger partial charge in [0.2, 0.25) is 4.80 Å². The first-order chi connectivity index (χ1) is 20.4. The van der Waals surface area contributed by atoms with E-state index in [-0.39, 0.29) is 22.5 Å². The second-order valence-electron chi connectivity index (χ2n) is 11.5. The molecule has 2 heterocycles. The standard InChI is InChI=1S/C32H35N3O6S2/c1-32(2,3)41-31(37)34-18-16-23(17-19-34)27-21-35(20-24-12-9-11-22-10-5-6-13-25(22)24)30(42-27)33-43(38,39)28-15-8-7-14-26(28)29(36)40-4/h5-15,21,23H,16-20H2,1-4H3. The normalized spacial score (nSPS) is 15.1. The fourth-order valence-corrected chi connectivity index (χ4v) is 7.74. The highest BCUT2D eigenvalue weighted by molar-refractivity contribution is 7.90. The predicted molar refractivity (Wildman–Crippen MR) is 166 cm³/mol. The molecule has 1 saturated heterocycles. The molecule has 1 aliphatic rings. The van der Waals surface area contributed by atoms with E-state index < -0.39 is 21.6 Å². The van der Waals surface area contributed by atoms with Gasteiger partial charge in [-0.15, -0.1) is 15.7 Å². The van der Waals surface area contributed by atoms with Crippen LogP contribution in [0.4, 0.5) is 4.79 Å². The number of thiazole rings is 1. The molecule has 1 fully saturated rings. The lowest BCUT2D eigenvalue weighted by Gasteiger charge is -2.33. The third kappa shape index (κ3) is 7.00. The fourth-order valence-electron chi connectivity index (χ4n) is 5.18. The summed E-state index contributed by atoms with van der Waals surface area (Å²) >= 11 is 1.32. The molecule has 0 bridgehead atoms. The Labute approximate surface area is 255 Å². The molecule has 0 N–H and O–H groups in total. The van der Waals surface area contributed by atoms with Crippen LogP contribution in [0.5, 0.6) is 0 Å². The van der Waals surface area contributed by atoms with Crippen LogP contribution < -0.4 is 4.80 Å². The third-order valence-corrected chi connectivity index (χ3v) is 9.90. The van der Waals surface area contributed by atoms with Gasteiger partial charge in [0.05, 0.1) is 19.2 Å². The summed E-state index contributed by atoms with van der Waals surface area (Å²) in [5.41, 5.74) is 0.389. The molecule has 0 radical (unpaired) electrons. The monoisotopic (exact) mass is 621 g/mol. The first-order valence-electron chi connectivity index (χ1n) is 14.1. The van der Waals surface area contributed by atoms with Crippen LogP contribution in [-0.4, -0.2) is 55.7 Å². The molecule has 0 atom stereocenters. The largest absolute Gasteiger partial charge is 0.465 e. The van der Waals surface area contributed by atoms with Crippen molar-refractivity contribution in [2.24, 2.45) is 4.40 Å². The van der Waals surface area contributed by atoms with E-state index in [2.05, 4.69) is 4.40 Å². The van der Waals surface area contributed by atoms with Gasteiger partial charge in [-0.05, 0) is 68.0 Å². The van der Waals surface area contributed by atoms with Gasteiger partial charge in [-0.3, -0.25) is 0 Å². The maximum absolute atomic E-state index is 13.6. The minimum absolute atomic E-state index is 0.0688. The molecule has 0 spiro atoms. The Morgan fingerprint density at radius 3 is 2.37 bits per heavy atom. The molecule has 43 heavy (non-hydrogen) atoms. The molecule has 1 amide bonds. The van der Waals surface area contributed by atoms with E-state index in [4.69, 9.17) is 9.47 Å². The van der Waals surface area contributed by atoms with Crippen molar-refractivity contribution >= 4 is 44.2 Å². The number of carbonyl (C=O) groups excluding carboxylic acids is 2. The van der Waals surface area contributed by atoms with Crippen molar-refractivity contribution in [1.29, 1.82) is 0 Å². The number of sulfonamides is 1.